The average Bonchev–Trinajstić information content (AvgIpc) is 2.06. The molecule has 0 saturated carbocycles. The maximum absolute atomic E-state index is 5.82. The first-order valence-corrected chi connectivity index (χ1v) is 4.25. The topological polar surface area (TPSA) is 51.6 Å². The molecule has 0 unspecified atom stereocenters. The fraction of sp³-hybridized carbons (Fsp3) is 0.143. The Labute approximate surface area is 84.0 Å². The second-order valence-corrected chi connectivity index (χ2v) is 3.17. The summed E-state index contributed by atoms with van der Waals surface area (Å²) >= 11 is 11.5. The third kappa shape index (κ3) is 1.55. The van der Waals surface area contributed by atoms with E-state index in [1.54, 1.807) is 6.92 Å². The minimum Gasteiger partial charge on any atom is -0.232 e. The van der Waals surface area contributed by atoms with Gasteiger partial charge in [0.25, 0.3) is 0 Å². The Bertz CT molecular complexity index is 471. The molecule has 0 fully saturated rings. The van der Waals surface area contributed by atoms with Crippen LogP contribution in [0.3, 0.4) is 0 Å². The van der Waals surface area contributed by atoms with Gasteiger partial charge < -0.3 is 0 Å². The van der Waals surface area contributed by atoms with Crippen molar-refractivity contribution in [1.82, 2.24) is 19.9 Å². The van der Waals surface area contributed by atoms with Gasteiger partial charge in [0.1, 0.15) is 16.5 Å². The van der Waals surface area contributed by atoms with E-state index in [9.17, 15) is 0 Å². The summed E-state index contributed by atoms with van der Waals surface area (Å²) in [7, 11) is 0. The number of aromatic nitrogens is 4. The Morgan fingerprint density at radius 1 is 1.15 bits per heavy atom. The van der Waals surface area contributed by atoms with Gasteiger partial charge in [-0.15, -0.1) is 0 Å². The largest absolute Gasteiger partial charge is 0.232 e. The number of aryl methyl sites for hydroxylation is 1. The molecule has 2 rings (SSSR count). The van der Waals surface area contributed by atoms with Gasteiger partial charge in [-0.1, -0.05) is 23.2 Å². The zero-order valence-corrected chi connectivity index (χ0v) is 8.13. The number of nitrogens with zero attached hydrogens (tertiary/aromatic N) is 4. The lowest BCUT2D eigenvalue weighted by Crippen LogP contribution is -1.94. The summed E-state index contributed by atoms with van der Waals surface area (Å²) in [5.74, 6) is 0.564. The lowest BCUT2D eigenvalue weighted by molar-refractivity contribution is 1.06. The first-order chi connectivity index (χ1) is 6.16. The molecule has 0 N–H and O–H groups in total. The van der Waals surface area contributed by atoms with Crippen molar-refractivity contribution in [3.8, 4) is 0 Å². The Morgan fingerprint density at radius 3 is 2.69 bits per heavy atom. The van der Waals surface area contributed by atoms with Crippen LogP contribution in [0.15, 0.2) is 6.20 Å². The van der Waals surface area contributed by atoms with Crippen molar-refractivity contribution >= 4 is 34.4 Å². The summed E-state index contributed by atoms with van der Waals surface area (Å²) in [4.78, 5) is 15.9. The van der Waals surface area contributed by atoms with Crippen LogP contribution in [0.5, 0.6) is 0 Å². The van der Waals surface area contributed by atoms with E-state index < -0.39 is 0 Å². The van der Waals surface area contributed by atoms with E-state index in [0.717, 1.165) is 0 Å². The van der Waals surface area contributed by atoms with Gasteiger partial charge in [-0.25, -0.2) is 19.9 Å². The summed E-state index contributed by atoms with van der Waals surface area (Å²) in [5, 5.41) is 0.555. The predicted molar refractivity (Wildman–Crippen MR) is 49.9 cm³/mol. The molecule has 6 heteroatoms. The molecule has 0 bridgehead atoms. The van der Waals surface area contributed by atoms with Crippen molar-refractivity contribution in [1.29, 1.82) is 0 Å². The highest BCUT2D eigenvalue weighted by Crippen LogP contribution is 2.17. The van der Waals surface area contributed by atoms with Crippen molar-refractivity contribution in [3.05, 3.63) is 22.3 Å². The molecule has 0 atom stereocenters. The van der Waals surface area contributed by atoms with Crippen LogP contribution >= 0.6 is 23.2 Å². The third-order valence-electron chi connectivity index (χ3n) is 1.45. The van der Waals surface area contributed by atoms with E-state index in [4.69, 9.17) is 23.2 Å². The maximum Gasteiger partial charge on any atom is 0.183 e. The summed E-state index contributed by atoms with van der Waals surface area (Å²) in [6.45, 7) is 1.74. The smallest absolute Gasteiger partial charge is 0.183 e. The molecule has 0 aliphatic heterocycles. The number of rotatable bonds is 0. The van der Waals surface area contributed by atoms with Crippen molar-refractivity contribution < 1.29 is 0 Å². The Balaban J connectivity index is 2.87. The van der Waals surface area contributed by atoms with Gasteiger partial charge in [0, 0.05) is 0 Å². The van der Waals surface area contributed by atoms with E-state index in [2.05, 4.69) is 19.9 Å². The molecule has 2 heterocycles. The molecule has 0 amide bonds. The van der Waals surface area contributed by atoms with Gasteiger partial charge in [0.2, 0.25) is 0 Å². The van der Waals surface area contributed by atoms with E-state index in [1.165, 1.54) is 6.20 Å². The van der Waals surface area contributed by atoms with E-state index in [-0.39, 0.29) is 10.3 Å². The fourth-order valence-corrected chi connectivity index (χ4v) is 1.34. The molecule has 66 valence electrons. The van der Waals surface area contributed by atoms with Gasteiger partial charge in [-0.2, -0.15) is 0 Å². The molecular weight excluding hydrogens is 211 g/mol. The molecule has 2 aromatic rings. The molecule has 0 radical (unpaired) electrons. The van der Waals surface area contributed by atoms with Crippen LogP contribution in [0, 0.1) is 6.92 Å². The summed E-state index contributed by atoms with van der Waals surface area (Å²) in [5.41, 5.74) is 0.890. The van der Waals surface area contributed by atoms with Gasteiger partial charge in [-0.05, 0) is 6.92 Å². The van der Waals surface area contributed by atoms with Crippen LogP contribution in [-0.2, 0) is 0 Å². The highest BCUT2D eigenvalue weighted by atomic mass is 35.5. The first kappa shape index (κ1) is 8.59. The number of fused-ring (bicyclic) bond motifs is 1. The lowest BCUT2D eigenvalue weighted by atomic mass is 10.5. The van der Waals surface area contributed by atoms with Crippen LogP contribution in [0.25, 0.3) is 11.2 Å². The predicted octanol–water partition coefficient (Wildman–Crippen LogP) is 2.04. The van der Waals surface area contributed by atoms with Crippen molar-refractivity contribution in [3.63, 3.8) is 0 Å². The summed E-state index contributed by atoms with van der Waals surface area (Å²) in [6.07, 6.45) is 1.42. The minimum absolute atomic E-state index is 0.275. The van der Waals surface area contributed by atoms with Crippen molar-refractivity contribution in [2.75, 3.05) is 0 Å². The van der Waals surface area contributed by atoms with Crippen molar-refractivity contribution in [2.45, 2.75) is 6.92 Å². The highest BCUT2D eigenvalue weighted by molar-refractivity contribution is 6.34. The molecule has 4 nitrogen and oxygen atoms in total. The third-order valence-corrected chi connectivity index (χ3v) is 1.89. The second-order valence-electron chi connectivity index (χ2n) is 2.43. The number of hydrogen-bond acceptors (Lipinski definition) is 4. The quantitative estimate of drug-likeness (QED) is 0.631. The summed E-state index contributed by atoms with van der Waals surface area (Å²) in [6, 6.07) is 0. The van der Waals surface area contributed by atoms with Gasteiger partial charge in [-0.3, -0.25) is 0 Å². The lowest BCUT2D eigenvalue weighted by Gasteiger charge is -1.98. The molecule has 13 heavy (non-hydrogen) atoms. The number of halogens is 2. The average molecular weight is 215 g/mol. The van der Waals surface area contributed by atoms with Crippen molar-refractivity contribution in [2.24, 2.45) is 0 Å². The van der Waals surface area contributed by atoms with Crippen LogP contribution in [0.1, 0.15) is 5.82 Å². The van der Waals surface area contributed by atoms with E-state index in [1.807, 2.05) is 0 Å². The Morgan fingerprint density at radius 2 is 1.92 bits per heavy atom. The van der Waals surface area contributed by atoms with Crippen LogP contribution in [0.4, 0.5) is 0 Å². The van der Waals surface area contributed by atoms with Gasteiger partial charge >= 0.3 is 0 Å². The molecule has 2 aromatic heterocycles. The maximum atomic E-state index is 5.82. The Kier molecular flexibility index (Phi) is 2.01. The van der Waals surface area contributed by atoms with E-state index in [0.29, 0.717) is 17.0 Å². The van der Waals surface area contributed by atoms with Gasteiger partial charge in [0.05, 0.1) is 6.20 Å². The molecule has 0 aliphatic carbocycles. The van der Waals surface area contributed by atoms with E-state index >= 15 is 0 Å². The van der Waals surface area contributed by atoms with Gasteiger partial charge in [0.15, 0.2) is 10.8 Å². The second kappa shape index (κ2) is 3.05. The monoisotopic (exact) mass is 214 g/mol. The molecular formula is C7H4Cl2N4. The standard InChI is InChI=1S/C7H4Cl2N4/c1-3-11-6(9)5-7(12-3)10-2-4(8)13-5/h2H,1H3. The minimum atomic E-state index is 0.275. The zero-order chi connectivity index (χ0) is 9.42. The SMILES string of the molecule is Cc1nc(Cl)c2nc(Cl)cnc2n1. The first-order valence-electron chi connectivity index (χ1n) is 3.49. The van der Waals surface area contributed by atoms with Crippen LogP contribution in [0.2, 0.25) is 10.3 Å². The zero-order valence-electron chi connectivity index (χ0n) is 6.62. The molecule has 0 saturated heterocycles. The number of hydrogen-bond donors (Lipinski definition) is 0. The molecule has 0 aliphatic rings. The highest BCUT2D eigenvalue weighted by Gasteiger charge is 2.06. The van der Waals surface area contributed by atoms with Crippen LogP contribution < -0.4 is 0 Å². The van der Waals surface area contributed by atoms with Crippen LogP contribution in [-0.4, -0.2) is 19.9 Å². The normalized spacial score (nSPS) is 10.7. The molecule has 0 aromatic carbocycles. The summed E-state index contributed by atoms with van der Waals surface area (Å²) < 4.78 is 0. The fourth-order valence-electron chi connectivity index (χ4n) is 0.955. The Hall–Kier alpha value is -1.00. The molecule has 0 spiro atoms.